The highest BCUT2D eigenvalue weighted by Crippen LogP contribution is 2.42. The zero-order chi connectivity index (χ0) is 22.0. The van der Waals surface area contributed by atoms with E-state index in [9.17, 15) is 14.7 Å². The molecule has 31 heavy (non-hydrogen) atoms. The van der Waals surface area contributed by atoms with Gasteiger partial charge >= 0.3 is 5.97 Å². The largest absolute Gasteiger partial charge is 0.481 e. The Morgan fingerprint density at radius 3 is 2.52 bits per heavy atom. The minimum Gasteiger partial charge on any atom is -0.481 e. The molecule has 1 amide bonds. The van der Waals surface area contributed by atoms with Gasteiger partial charge in [0, 0.05) is 33.4 Å². The summed E-state index contributed by atoms with van der Waals surface area (Å²) in [4.78, 5) is 26.8. The predicted octanol–water partition coefficient (Wildman–Crippen LogP) is 5.87. The van der Waals surface area contributed by atoms with E-state index in [0.29, 0.717) is 33.8 Å². The molecule has 2 aromatic carbocycles. The second kappa shape index (κ2) is 9.60. The zero-order valence-corrected chi connectivity index (χ0v) is 18.6. The fourth-order valence-electron chi connectivity index (χ4n) is 4.61. The lowest BCUT2D eigenvalue weighted by Gasteiger charge is -2.31. The number of amides is 1. The number of benzene rings is 2. The molecule has 5 nitrogen and oxygen atoms in total. The normalized spacial score (nSPS) is 22.1. The average Bonchev–Trinajstić information content (AvgIpc) is 2.85. The number of carboxylic acid groups (broad SMARTS) is 1. The molecule has 0 radical (unpaired) electrons. The van der Waals surface area contributed by atoms with E-state index in [-0.39, 0.29) is 5.91 Å². The molecular weight excluding hydrogens is 437 g/mol. The van der Waals surface area contributed by atoms with E-state index in [1.54, 1.807) is 23.1 Å². The molecule has 1 heterocycles. The van der Waals surface area contributed by atoms with E-state index < -0.39 is 24.6 Å². The zero-order valence-electron chi connectivity index (χ0n) is 17.1. The van der Waals surface area contributed by atoms with Gasteiger partial charge in [0.05, 0.1) is 6.42 Å². The molecular formula is C24H25Cl2NO4. The molecule has 2 atom stereocenters. The Labute approximate surface area is 191 Å². The number of hydrogen-bond acceptors (Lipinski definition) is 3. The molecule has 7 heteroatoms. The van der Waals surface area contributed by atoms with Crippen LogP contribution >= 0.6 is 23.2 Å². The van der Waals surface area contributed by atoms with Gasteiger partial charge in [-0.25, -0.2) is 0 Å². The molecule has 2 aliphatic rings. The van der Waals surface area contributed by atoms with Crippen molar-refractivity contribution in [2.45, 2.75) is 50.7 Å². The fraction of sp³-hybridized carbons (Fsp3) is 0.417. The molecule has 2 aromatic rings. The summed E-state index contributed by atoms with van der Waals surface area (Å²) in [7, 11) is 0. The summed E-state index contributed by atoms with van der Waals surface area (Å²) < 4.78 is 6.19. The van der Waals surface area contributed by atoms with Gasteiger partial charge in [0.2, 0.25) is 0 Å². The molecule has 1 N–H and O–H groups in total. The van der Waals surface area contributed by atoms with Crippen molar-refractivity contribution in [3.63, 3.8) is 0 Å². The summed E-state index contributed by atoms with van der Waals surface area (Å²) in [6.45, 7) is 0.544. The number of ether oxygens (including phenoxy) is 1. The van der Waals surface area contributed by atoms with Crippen LogP contribution in [0.1, 0.15) is 55.8 Å². The molecule has 0 unspecified atom stereocenters. The van der Waals surface area contributed by atoms with Crippen LogP contribution in [0, 0.1) is 5.92 Å². The smallest absolute Gasteiger partial charge is 0.306 e. The number of nitrogens with zero attached hydrogens (tertiary/aromatic N) is 1. The van der Waals surface area contributed by atoms with Crippen LogP contribution in [0.3, 0.4) is 0 Å². The van der Waals surface area contributed by atoms with Crippen molar-refractivity contribution >= 4 is 40.8 Å². The second-order valence-electron chi connectivity index (χ2n) is 8.28. The van der Waals surface area contributed by atoms with Crippen LogP contribution in [0.25, 0.3) is 0 Å². The number of carbonyl (C=O) groups excluding carboxylic acids is 1. The maximum Gasteiger partial charge on any atom is 0.306 e. The van der Waals surface area contributed by atoms with Crippen molar-refractivity contribution in [3.8, 4) is 0 Å². The first kappa shape index (κ1) is 22.1. The minimum atomic E-state index is -1.12. The van der Waals surface area contributed by atoms with Gasteiger partial charge in [-0.05, 0) is 43.0 Å². The average molecular weight is 462 g/mol. The van der Waals surface area contributed by atoms with Gasteiger partial charge in [-0.15, -0.1) is 0 Å². The number of aliphatic carboxylic acids is 1. The van der Waals surface area contributed by atoms with Crippen molar-refractivity contribution in [2.75, 3.05) is 11.4 Å². The number of carbonyl (C=O) groups is 2. The molecule has 0 spiro atoms. The molecule has 0 aromatic heterocycles. The van der Waals surface area contributed by atoms with Crippen LogP contribution < -0.4 is 4.90 Å². The third-order valence-electron chi connectivity index (χ3n) is 6.12. The lowest BCUT2D eigenvalue weighted by atomic mass is 9.88. The van der Waals surface area contributed by atoms with E-state index in [1.807, 2.05) is 24.3 Å². The fourth-order valence-corrected chi connectivity index (χ4v) is 5.02. The number of fused-ring (bicyclic) bond motifs is 1. The lowest BCUT2D eigenvalue weighted by Crippen LogP contribution is -2.43. The Bertz CT molecular complexity index is 974. The maximum absolute atomic E-state index is 13.5. The van der Waals surface area contributed by atoms with Crippen molar-refractivity contribution in [1.29, 1.82) is 0 Å². The second-order valence-corrected chi connectivity index (χ2v) is 9.12. The van der Waals surface area contributed by atoms with Gasteiger partial charge < -0.3 is 14.7 Å². The van der Waals surface area contributed by atoms with Gasteiger partial charge in [-0.1, -0.05) is 60.7 Å². The molecule has 4 rings (SSSR count). The van der Waals surface area contributed by atoms with Crippen LogP contribution in [0.2, 0.25) is 10.0 Å². The van der Waals surface area contributed by atoms with Crippen LogP contribution in [0.5, 0.6) is 0 Å². The quantitative estimate of drug-likeness (QED) is 0.604. The van der Waals surface area contributed by atoms with Gasteiger partial charge in [-0.3, -0.25) is 9.59 Å². The van der Waals surface area contributed by atoms with Gasteiger partial charge in [0.1, 0.15) is 12.2 Å². The standard InChI is InChI=1S/C24H25Cl2NO4/c25-16-10-11-20-18(12-16)23(17-8-4-5-9-19(17)26)31-21(13-22(28)29)24(30)27(20)14-15-6-2-1-3-7-15/h4-5,8-12,15,21,23H,1-3,6-7,13-14H2,(H,28,29)/t21-,23-/m1/s1. The number of anilines is 1. The number of rotatable bonds is 5. The summed E-state index contributed by atoms with van der Waals surface area (Å²) >= 11 is 12.8. The van der Waals surface area contributed by atoms with Crippen LogP contribution in [0.4, 0.5) is 5.69 Å². The molecule has 0 saturated heterocycles. The number of halogens is 2. The summed E-state index contributed by atoms with van der Waals surface area (Å²) in [5.41, 5.74) is 2.10. The molecule has 1 fully saturated rings. The Morgan fingerprint density at radius 2 is 1.81 bits per heavy atom. The molecule has 1 aliphatic carbocycles. The minimum absolute atomic E-state index is 0.328. The third-order valence-corrected chi connectivity index (χ3v) is 6.70. The van der Waals surface area contributed by atoms with Gasteiger partial charge in [0.25, 0.3) is 5.91 Å². The maximum atomic E-state index is 13.5. The van der Waals surface area contributed by atoms with E-state index in [0.717, 1.165) is 31.2 Å². The highest BCUT2D eigenvalue weighted by molar-refractivity contribution is 6.31. The van der Waals surface area contributed by atoms with Gasteiger partial charge in [-0.2, -0.15) is 0 Å². The summed E-state index contributed by atoms with van der Waals surface area (Å²) in [6.07, 6.45) is 3.41. The van der Waals surface area contributed by atoms with Crippen LogP contribution in [-0.4, -0.2) is 29.6 Å². The van der Waals surface area contributed by atoms with Crippen molar-refractivity contribution in [2.24, 2.45) is 5.92 Å². The lowest BCUT2D eigenvalue weighted by molar-refractivity contribution is -0.147. The Morgan fingerprint density at radius 1 is 1.06 bits per heavy atom. The highest BCUT2D eigenvalue weighted by Gasteiger charge is 2.39. The topological polar surface area (TPSA) is 66.8 Å². The SMILES string of the molecule is O=C(O)C[C@H]1O[C@H](c2ccccc2Cl)c2cc(Cl)ccc2N(CC2CCCCC2)C1=O. The summed E-state index contributed by atoms with van der Waals surface area (Å²) in [5, 5.41) is 10.5. The third kappa shape index (κ3) is 4.89. The first-order valence-electron chi connectivity index (χ1n) is 10.7. The van der Waals surface area contributed by atoms with Crippen molar-refractivity contribution < 1.29 is 19.4 Å². The highest BCUT2D eigenvalue weighted by atomic mass is 35.5. The summed E-state index contributed by atoms with van der Waals surface area (Å²) in [6, 6.07) is 12.6. The van der Waals surface area contributed by atoms with Crippen LogP contribution in [0.15, 0.2) is 42.5 Å². The van der Waals surface area contributed by atoms with Crippen molar-refractivity contribution in [1.82, 2.24) is 0 Å². The molecule has 164 valence electrons. The predicted molar refractivity (Wildman–Crippen MR) is 121 cm³/mol. The monoisotopic (exact) mass is 461 g/mol. The van der Waals surface area contributed by atoms with Gasteiger partial charge in [0.15, 0.2) is 0 Å². The first-order chi connectivity index (χ1) is 14.9. The Kier molecular flexibility index (Phi) is 6.85. The first-order valence-corrected chi connectivity index (χ1v) is 11.4. The summed E-state index contributed by atoms with van der Waals surface area (Å²) in [5.74, 6) is -1.03. The molecule has 1 aliphatic heterocycles. The van der Waals surface area contributed by atoms with E-state index in [1.165, 1.54) is 6.42 Å². The van der Waals surface area contributed by atoms with E-state index in [4.69, 9.17) is 27.9 Å². The number of hydrogen-bond donors (Lipinski definition) is 1. The van der Waals surface area contributed by atoms with Crippen molar-refractivity contribution in [3.05, 3.63) is 63.6 Å². The Balaban J connectivity index is 1.82. The molecule has 0 bridgehead atoms. The number of carboxylic acids is 1. The molecule has 1 saturated carbocycles. The van der Waals surface area contributed by atoms with E-state index >= 15 is 0 Å². The van der Waals surface area contributed by atoms with Crippen LogP contribution in [-0.2, 0) is 14.3 Å². The Hall–Kier alpha value is -2.08. The van der Waals surface area contributed by atoms with E-state index in [2.05, 4.69) is 0 Å².